The van der Waals surface area contributed by atoms with Gasteiger partial charge in [0.05, 0.1) is 5.71 Å². The molecule has 0 saturated carbocycles. The lowest BCUT2D eigenvalue weighted by Crippen LogP contribution is -2.43. The van der Waals surface area contributed by atoms with Gasteiger partial charge >= 0.3 is 0 Å². The van der Waals surface area contributed by atoms with Crippen molar-refractivity contribution in [2.45, 2.75) is 20.3 Å². The molecule has 0 radical (unpaired) electrons. The molecule has 0 aliphatic carbocycles. The van der Waals surface area contributed by atoms with E-state index >= 15 is 0 Å². The third-order valence-electron chi connectivity index (χ3n) is 3.52. The van der Waals surface area contributed by atoms with Gasteiger partial charge in [-0.05, 0) is 30.7 Å². The molecule has 19 heavy (non-hydrogen) atoms. The molecule has 1 aliphatic rings. The van der Waals surface area contributed by atoms with E-state index in [1.54, 1.807) is 0 Å². The van der Waals surface area contributed by atoms with Gasteiger partial charge in [0.15, 0.2) is 0 Å². The lowest BCUT2D eigenvalue weighted by molar-refractivity contribution is 0.0734. The number of benzene rings is 1. The molecule has 4 nitrogen and oxygen atoms in total. The predicted molar refractivity (Wildman–Crippen MR) is 77.8 cm³/mol. The molecule has 1 heterocycles. The molecule has 1 aromatic carbocycles. The number of rotatable bonds is 1. The monoisotopic (exact) mass is 324 g/mol. The molecule has 0 bridgehead atoms. The summed E-state index contributed by atoms with van der Waals surface area (Å²) < 4.78 is 1.01. The van der Waals surface area contributed by atoms with Crippen LogP contribution in [0.1, 0.15) is 29.3 Å². The van der Waals surface area contributed by atoms with Crippen molar-refractivity contribution in [2.75, 3.05) is 13.1 Å². The van der Waals surface area contributed by atoms with E-state index in [-0.39, 0.29) is 11.8 Å². The van der Waals surface area contributed by atoms with Crippen LogP contribution in [0.3, 0.4) is 0 Å². The van der Waals surface area contributed by atoms with Crippen LogP contribution >= 0.6 is 15.9 Å². The molecule has 1 fully saturated rings. The smallest absolute Gasteiger partial charge is 0.253 e. The standard InChI is InChI=1S/C14H17BrN2O2/c1-9-7-11(3-4-12(9)15)14(18)17-6-5-13(16-19)10(2)8-17/h3-4,7,10,19H,5-6,8H2,1-2H3/b16-13+. The van der Waals surface area contributed by atoms with Crippen molar-refractivity contribution in [3.05, 3.63) is 33.8 Å². The summed E-state index contributed by atoms with van der Waals surface area (Å²) in [7, 11) is 0. The highest BCUT2D eigenvalue weighted by molar-refractivity contribution is 9.10. The Morgan fingerprint density at radius 3 is 2.84 bits per heavy atom. The van der Waals surface area contributed by atoms with E-state index in [4.69, 9.17) is 5.21 Å². The topological polar surface area (TPSA) is 52.9 Å². The minimum atomic E-state index is 0.0411. The van der Waals surface area contributed by atoms with Crippen LogP contribution in [0, 0.1) is 12.8 Å². The number of likely N-dealkylation sites (tertiary alicyclic amines) is 1. The molecule has 102 valence electrons. The summed E-state index contributed by atoms with van der Waals surface area (Å²) >= 11 is 3.43. The van der Waals surface area contributed by atoms with Gasteiger partial charge in [0.1, 0.15) is 0 Å². The van der Waals surface area contributed by atoms with Gasteiger partial charge in [0.25, 0.3) is 5.91 Å². The molecule has 0 aromatic heterocycles. The third kappa shape index (κ3) is 2.97. The summed E-state index contributed by atoms with van der Waals surface area (Å²) in [4.78, 5) is 14.2. The minimum Gasteiger partial charge on any atom is -0.411 e. The maximum Gasteiger partial charge on any atom is 0.253 e. The Morgan fingerprint density at radius 1 is 1.53 bits per heavy atom. The second-order valence-corrected chi connectivity index (χ2v) is 5.81. The molecule has 1 aliphatic heterocycles. The number of nitrogens with zero attached hydrogens (tertiary/aromatic N) is 2. The molecule has 1 atom stereocenters. The zero-order valence-electron chi connectivity index (χ0n) is 11.1. The van der Waals surface area contributed by atoms with E-state index in [1.807, 2.05) is 36.9 Å². The molecule has 0 spiro atoms. The third-order valence-corrected chi connectivity index (χ3v) is 4.41. The number of carbonyl (C=O) groups is 1. The van der Waals surface area contributed by atoms with Gasteiger partial charge in [-0.1, -0.05) is 28.0 Å². The highest BCUT2D eigenvalue weighted by Crippen LogP contribution is 2.20. The first-order chi connectivity index (χ1) is 9.02. The number of piperidine rings is 1. The predicted octanol–water partition coefficient (Wildman–Crippen LogP) is 3.07. The first kappa shape index (κ1) is 14.1. The summed E-state index contributed by atoms with van der Waals surface area (Å²) in [5.41, 5.74) is 2.53. The van der Waals surface area contributed by atoms with Crippen molar-refractivity contribution in [1.82, 2.24) is 4.90 Å². The number of amides is 1. The normalized spacial score (nSPS) is 21.7. The van der Waals surface area contributed by atoms with Crippen LogP contribution in [-0.2, 0) is 0 Å². The summed E-state index contributed by atoms with van der Waals surface area (Å²) in [5, 5.41) is 12.1. The number of carbonyl (C=O) groups excluding carboxylic acids is 1. The van der Waals surface area contributed by atoms with Crippen LogP contribution in [0.2, 0.25) is 0 Å². The lowest BCUT2D eigenvalue weighted by Gasteiger charge is -2.31. The quantitative estimate of drug-likeness (QED) is 0.637. The first-order valence-electron chi connectivity index (χ1n) is 6.29. The minimum absolute atomic E-state index is 0.0411. The largest absolute Gasteiger partial charge is 0.411 e. The molecule has 1 unspecified atom stereocenters. The molecule has 1 amide bonds. The lowest BCUT2D eigenvalue weighted by atomic mass is 9.97. The molecular weight excluding hydrogens is 308 g/mol. The zero-order chi connectivity index (χ0) is 14.0. The van der Waals surface area contributed by atoms with Gasteiger partial charge in [0, 0.05) is 35.5 Å². The highest BCUT2D eigenvalue weighted by Gasteiger charge is 2.26. The Kier molecular flexibility index (Phi) is 4.24. The fourth-order valence-corrected chi connectivity index (χ4v) is 2.56. The van der Waals surface area contributed by atoms with Crippen molar-refractivity contribution in [1.29, 1.82) is 0 Å². The Labute approximate surface area is 121 Å². The summed E-state index contributed by atoms with van der Waals surface area (Å²) in [6.07, 6.45) is 0.638. The summed E-state index contributed by atoms with van der Waals surface area (Å²) in [6, 6.07) is 5.63. The van der Waals surface area contributed by atoms with E-state index in [2.05, 4.69) is 21.1 Å². The summed E-state index contributed by atoms with van der Waals surface area (Å²) in [5.74, 6) is 0.152. The molecule has 1 saturated heterocycles. The fourth-order valence-electron chi connectivity index (χ4n) is 2.32. The van der Waals surface area contributed by atoms with Gasteiger partial charge in [-0.2, -0.15) is 0 Å². The van der Waals surface area contributed by atoms with Gasteiger partial charge in [-0.15, -0.1) is 0 Å². The van der Waals surface area contributed by atoms with E-state index < -0.39 is 0 Å². The maximum absolute atomic E-state index is 12.4. The van der Waals surface area contributed by atoms with Crippen molar-refractivity contribution in [3.63, 3.8) is 0 Å². The van der Waals surface area contributed by atoms with Crippen LogP contribution in [0.5, 0.6) is 0 Å². The number of hydrogen-bond acceptors (Lipinski definition) is 3. The fraction of sp³-hybridized carbons (Fsp3) is 0.429. The van der Waals surface area contributed by atoms with Crippen LogP contribution in [0.25, 0.3) is 0 Å². The number of hydrogen-bond donors (Lipinski definition) is 1. The van der Waals surface area contributed by atoms with Gasteiger partial charge < -0.3 is 10.1 Å². The van der Waals surface area contributed by atoms with E-state index in [1.165, 1.54) is 0 Å². The molecule has 1 aromatic rings. The Balaban J connectivity index is 2.14. The van der Waals surface area contributed by atoms with Crippen LogP contribution < -0.4 is 0 Å². The van der Waals surface area contributed by atoms with Crippen LogP contribution in [-0.4, -0.2) is 34.8 Å². The van der Waals surface area contributed by atoms with Crippen LogP contribution in [0.15, 0.2) is 27.8 Å². The average Bonchev–Trinajstić information content (AvgIpc) is 2.41. The summed E-state index contributed by atoms with van der Waals surface area (Å²) in [6.45, 7) is 5.16. The SMILES string of the molecule is Cc1cc(C(=O)N2CC/C(=N\O)C(C)C2)ccc1Br. The second kappa shape index (κ2) is 5.74. The van der Waals surface area contributed by atoms with Crippen molar-refractivity contribution >= 4 is 27.5 Å². The Hall–Kier alpha value is -1.36. The Morgan fingerprint density at radius 2 is 2.26 bits per heavy atom. The molecule has 2 rings (SSSR count). The number of aryl methyl sites for hydroxylation is 1. The highest BCUT2D eigenvalue weighted by atomic mass is 79.9. The first-order valence-corrected chi connectivity index (χ1v) is 7.08. The van der Waals surface area contributed by atoms with Crippen molar-refractivity contribution in [2.24, 2.45) is 11.1 Å². The van der Waals surface area contributed by atoms with Crippen LogP contribution in [0.4, 0.5) is 0 Å². The molecular formula is C14H17BrN2O2. The molecule has 5 heteroatoms. The van der Waals surface area contributed by atoms with Gasteiger partial charge in [0.2, 0.25) is 0 Å². The Bertz CT molecular complexity index is 528. The van der Waals surface area contributed by atoms with Gasteiger partial charge in [-0.3, -0.25) is 4.79 Å². The number of oxime groups is 1. The second-order valence-electron chi connectivity index (χ2n) is 4.96. The number of halogens is 1. The van der Waals surface area contributed by atoms with E-state index in [0.717, 1.165) is 15.7 Å². The van der Waals surface area contributed by atoms with E-state index in [9.17, 15) is 4.79 Å². The van der Waals surface area contributed by atoms with Gasteiger partial charge in [-0.25, -0.2) is 0 Å². The van der Waals surface area contributed by atoms with Crippen molar-refractivity contribution < 1.29 is 10.0 Å². The van der Waals surface area contributed by atoms with E-state index in [0.29, 0.717) is 25.1 Å². The maximum atomic E-state index is 12.4. The van der Waals surface area contributed by atoms with Crippen molar-refractivity contribution in [3.8, 4) is 0 Å². The average molecular weight is 325 g/mol. The zero-order valence-corrected chi connectivity index (χ0v) is 12.6. The molecule has 1 N–H and O–H groups in total.